The van der Waals surface area contributed by atoms with Crippen molar-refractivity contribution >= 4 is 34.7 Å². The number of benzene rings is 1. The van der Waals surface area contributed by atoms with Crippen molar-refractivity contribution in [2.24, 2.45) is 0 Å². The minimum Gasteiger partial charge on any atom is -0.494 e. The zero-order valence-corrected chi connectivity index (χ0v) is 14.9. The standard InChI is InChI=1S/C17H21N5O2S/c1-2-24-12-7-5-11(6-8-12)19-16(25)13-14(18)20-17(21-15(13)23)22-9-3-4-10-22/h5-8H,2-4,9-10H2,1H3,(H,19,25)(H3,18,20,21,23). The first-order chi connectivity index (χ1) is 12.1. The average molecular weight is 359 g/mol. The number of hydrogen-bond donors (Lipinski definition) is 3. The van der Waals surface area contributed by atoms with Crippen molar-refractivity contribution in [2.45, 2.75) is 19.8 Å². The van der Waals surface area contributed by atoms with Crippen molar-refractivity contribution in [1.82, 2.24) is 9.97 Å². The molecule has 1 aliphatic rings. The number of nitrogen functional groups attached to an aromatic ring is 1. The third-order valence-corrected chi connectivity index (χ3v) is 4.30. The third kappa shape index (κ3) is 3.90. The Balaban J connectivity index is 1.78. The lowest BCUT2D eigenvalue weighted by Crippen LogP contribution is -2.30. The van der Waals surface area contributed by atoms with Gasteiger partial charge in [-0.15, -0.1) is 0 Å². The summed E-state index contributed by atoms with van der Waals surface area (Å²) in [5, 5.41) is 3.02. The van der Waals surface area contributed by atoms with E-state index in [9.17, 15) is 4.79 Å². The topological polar surface area (TPSA) is 96.3 Å². The molecule has 0 spiro atoms. The molecule has 8 heteroatoms. The summed E-state index contributed by atoms with van der Waals surface area (Å²) in [4.78, 5) is 21.8. The zero-order valence-electron chi connectivity index (χ0n) is 14.0. The van der Waals surface area contributed by atoms with Gasteiger partial charge >= 0.3 is 0 Å². The van der Waals surface area contributed by atoms with Gasteiger partial charge in [0.05, 0.1) is 6.61 Å². The molecule has 0 amide bonds. The Bertz CT molecular complexity index is 813. The number of rotatable bonds is 5. The van der Waals surface area contributed by atoms with E-state index in [4.69, 9.17) is 22.7 Å². The molecular formula is C17H21N5O2S. The van der Waals surface area contributed by atoms with Crippen LogP contribution in [0.25, 0.3) is 0 Å². The largest absolute Gasteiger partial charge is 0.494 e. The molecule has 2 heterocycles. The molecule has 1 aliphatic heterocycles. The normalized spacial score (nSPS) is 13.7. The second-order valence-electron chi connectivity index (χ2n) is 5.76. The first-order valence-electron chi connectivity index (χ1n) is 8.27. The van der Waals surface area contributed by atoms with Crippen LogP contribution in [-0.2, 0) is 0 Å². The number of thiocarbonyl (C=S) groups is 1. The second-order valence-corrected chi connectivity index (χ2v) is 6.16. The van der Waals surface area contributed by atoms with Gasteiger partial charge in [-0.25, -0.2) is 0 Å². The van der Waals surface area contributed by atoms with Crippen molar-refractivity contribution in [3.63, 3.8) is 0 Å². The Hall–Kier alpha value is -2.61. The molecule has 0 unspecified atom stereocenters. The fourth-order valence-corrected chi connectivity index (χ4v) is 3.09. The molecule has 1 aromatic heterocycles. The van der Waals surface area contributed by atoms with Crippen molar-refractivity contribution in [2.75, 3.05) is 35.6 Å². The van der Waals surface area contributed by atoms with E-state index in [1.807, 2.05) is 36.1 Å². The lowest BCUT2D eigenvalue weighted by Gasteiger charge is -2.17. The third-order valence-electron chi connectivity index (χ3n) is 3.99. The molecule has 0 radical (unpaired) electrons. The smallest absolute Gasteiger partial charge is 0.264 e. The first-order valence-corrected chi connectivity index (χ1v) is 8.68. The van der Waals surface area contributed by atoms with Crippen LogP contribution in [-0.4, -0.2) is 34.7 Å². The Morgan fingerprint density at radius 1 is 1.36 bits per heavy atom. The summed E-state index contributed by atoms with van der Waals surface area (Å²) in [6.45, 7) is 4.27. The van der Waals surface area contributed by atoms with E-state index in [2.05, 4.69) is 15.3 Å². The molecule has 3 rings (SSSR count). The van der Waals surface area contributed by atoms with E-state index in [1.165, 1.54) is 0 Å². The summed E-state index contributed by atoms with van der Waals surface area (Å²) in [6, 6.07) is 7.31. The van der Waals surface area contributed by atoms with E-state index in [0.717, 1.165) is 37.4 Å². The maximum absolute atomic E-state index is 12.4. The molecule has 0 bridgehead atoms. The molecule has 1 fully saturated rings. The van der Waals surface area contributed by atoms with Gasteiger partial charge in [-0.2, -0.15) is 4.98 Å². The molecule has 25 heavy (non-hydrogen) atoms. The Labute approximate surface area is 151 Å². The average Bonchev–Trinajstić information content (AvgIpc) is 3.11. The van der Waals surface area contributed by atoms with Crippen LogP contribution in [0.15, 0.2) is 29.1 Å². The molecule has 0 aliphatic carbocycles. The number of aromatic nitrogens is 2. The summed E-state index contributed by atoms with van der Waals surface area (Å²) in [7, 11) is 0. The summed E-state index contributed by atoms with van der Waals surface area (Å²) < 4.78 is 5.40. The molecule has 0 saturated carbocycles. The Kier molecular flexibility index (Phi) is 5.18. The zero-order chi connectivity index (χ0) is 17.8. The van der Waals surface area contributed by atoms with E-state index in [1.54, 1.807) is 0 Å². The molecule has 2 aromatic rings. The van der Waals surface area contributed by atoms with Gasteiger partial charge < -0.3 is 20.7 Å². The number of H-pyrrole nitrogens is 1. The minimum atomic E-state index is -0.335. The number of aromatic amines is 1. The maximum atomic E-state index is 12.4. The Morgan fingerprint density at radius 3 is 2.64 bits per heavy atom. The van der Waals surface area contributed by atoms with Gasteiger partial charge in [0, 0.05) is 18.8 Å². The summed E-state index contributed by atoms with van der Waals surface area (Å²) >= 11 is 5.34. The van der Waals surface area contributed by atoms with Crippen LogP contribution in [0.2, 0.25) is 0 Å². The van der Waals surface area contributed by atoms with Crippen molar-refractivity contribution in [3.8, 4) is 5.75 Å². The van der Waals surface area contributed by atoms with E-state index in [-0.39, 0.29) is 21.9 Å². The van der Waals surface area contributed by atoms with Crippen LogP contribution in [0.5, 0.6) is 5.75 Å². The highest BCUT2D eigenvalue weighted by Gasteiger charge is 2.19. The van der Waals surface area contributed by atoms with Gasteiger partial charge in [0.25, 0.3) is 5.56 Å². The van der Waals surface area contributed by atoms with Crippen LogP contribution < -0.4 is 26.2 Å². The molecule has 7 nitrogen and oxygen atoms in total. The molecule has 132 valence electrons. The van der Waals surface area contributed by atoms with Gasteiger partial charge in [-0.1, -0.05) is 12.2 Å². The predicted molar refractivity (Wildman–Crippen MR) is 104 cm³/mol. The quantitative estimate of drug-likeness (QED) is 0.704. The van der Waals surface area contributed by atoms with Crippen LogP contribution in [0.1, 0.15) is 25.3 Å². The number of anilines is 3. The number of hydrogen-bond acceptors (Lipinski definition) is 6. The fraction of sp³-hybridized carbons (Fsp3) is 0.353. The van der Waals surface area contributed by atoms with Crippen LogP contribution in [0.4, 0.5) is 17.5 Å². The fourth-order valence-electron chi connectivity index (χ4n) is 2.77. The lowest BCUT2D eigenvalue weighted by atomic mass is 10.2. The van der Waals surface area contributed by atoms with Crippen LogP contribution >= 0.6 is 12.2 Å². The van der Waals surface area contributed by atoms with Crippen molar-refractivity contribution in [3.05, 3.63) is 40.2 Å². The highest BCUT2D eigenvalue weighted by atomic mass is 32.1. The first kappa shape index (κ1) is 17.2. The monoisotopic (exact) mass is 359 g/mol. The molecular weight excluding hydrogens is 338 g/mol. The SMILES string of the molecule is CCOc1ccc(NC(=S)c2c(N)nc(N3CCCC3)[nH]c2=O)cc1. The van der Waals surface area contributed by atoms with Gasteiger partial charge in [-0.05, 0) is 44.0 Å². The maximum Gasteiger partial charge on any atom is 0.264 e. The highest BCUT2D eigenvalue weighted by molar-refractivity contribution is 7.81. The summed E-state index contributed by atoms with van der Waals surface area (Å²) in [6.07, 6.45) is 2.17. The minimum absolute atomic E-state index is 0.133. The molecule has 4 N–H and O–H groups in total. The van der Waals surface area contributed by atoms with Crippen LogP contribution in [0.3, 0.4) is 0 Å². The van der Waals surface area contributed by atoms with Gasteiger partial charge in [0.15, 0.2) is 0 Å². The highest BCUT2D eigenvalue weighted by Crippen LogP contribution is 2.19. The number of nitrogens with two attached hydrogens (primary N) is 1. The lowest BCUT2D eigenvalue weighted by molar-refractivity contribution is 0.340. The second kappa shape index (κ2) is 7.52. The van der Waals surface area contributed by atoms with Crippen molar-refractivity contribution < 1.29 is 4.74 Å². The Morgan fingerprint density at radius 2 is 2.04 bits per heavy atom. The molecule has 1 saturated heterocycles. The van der Waals surface area contributed by atoms with E-state index < -0.39 is 0 Å². The summed E-state index contributed by atoms with van der Waals surface area (Å²) in [5.74, 6) is 1.41. The van der Waals surface area contributed by atoms with Gasteiger partial charge in [-0.3, -0.25) is 9.78 Å². The van der Waals surface area contributed by atoms with Crippen LogP contribution in [0, 0.1) is 0 Å². The van der Waals surface area contributed by atoms with E-state index in [0.29, 0.717) is 12.6 Å². The molecule has 0 atom stereocenters. The number of nitrogens with zero attached hydrogens (tertiary/aromatic N) is 2. The summed E-state index contributed by atoms with van der Waals surface area (Å²) in [5.41, 5.74) is 6.60. The predicted octanol–water partition coefficient (Wildman–Crippen LogP) is 2.14. The number of ether oxygens (including phenoxy) is 1. The molecule has 1 aromatic carbocycles. The number of nitrogens with one attached hydrogen (secondary N) is 2. The van der Waals surface area contributed by atoms with Crippen molar-refractivity contribution in [1.29, 1.82) is 0 Å². The van der Waals surface area contributed by atoms with Gasteiger partial charge in [0.2, 0.25) is 5.95 Å². The van der Waals surface area contributed by atoms with Gasteiger partial charge in [0.1, 0.15) is 22.1 Å². The van der Waals surface area contributed by atoms with E-state index >= 15 is 0 Å².